The lowest BCUT2D eigenvalue weighted by atomic mass is 9.64. The zero-order chi connectivity index (χ0) is 21.0. The molecule has 0 saturated carbocycles. The predicted molar refractivity (Wildman–Crippen MR) is 106 cm³/mol. The zero-order valence-electron chi connectivity index (χ0n) is 16.7. The third-order valence-corrected chi connectivity index (χ3v) is 4.97. The number of hydrogen-bond acceptors (Lipinski definition) is 7. The Morgan fingerprint density at radius 2 is 2.14 bits per heavy atom. The van der Waals surface area contributed by atoms with Gasteiger partial charge in [-0.05, 0) is 38.0 Å². The van der Waals surface area contributed by atoms with Gasteiger partial charge in [-0.25, -0.2) is 4.79 Å². The van der Waals surface area contributed by atoms with Crippen molar-refractivity contribution in [2.75, 3.05) is 6.61 Å². The Morgan fingerprint density at radius 3 is 2.83 bits per heavy atom. The molecule has 7 nitrogen and oxygen atoms in total. The van der Waals surface area contributed by atoms with Crippen molar-refractivity contribution < 1.29 is 33.5 Å². The van der Waals surface area contributed by atoms with E-state index in [0.717, 1.165) is 18.4 Å². The second kappa shape index (κ2) is 9.18. The van der Waals surface area contributed by atoms with E-state index in [4.69, 9.17) is 18.9 Å². The van der Waals surface area contributed by atoms with Crippen LogP contribution in [0.1, 0.15) is 55.5 Å². The Kier molecular flexibility index (Phi) is 6.64. The molecular formula is C21H25BO7. The Morgan fingerprint density at radius 1 is 1.34 bits per heavy atom. The van der Waals surface area contributed by atoms with E-state index in [1.165, 1.54) is 0 Å². The molecular weight excluding hydrogens is 375 g/mol. The standard InChI is InChI=1S/C21H25BO7/c1-4-5-8-17(23)11-16-10-15-7-6-9-18(20(15)29-22(16)25)21(24)26-12-19-13(2)27-14(3)28-19/h6-7,9,16,25H,3-5,8,10-12H2,1-2H3/t16-/m1/s1. The fraction of sp³-hybridized carbons (Fsp3) is 0.429. The van der Waals surface area contributed by atoms with Gasteiger partial charge in [-0.3, -0.25) is 4.79 Å². The van der Waals surface area contributed by atoms with E-state index < -0.39 is 13.1 Å². The maximum absolute atomic E-state index is 12.6. The SMILES string of the molecule is C=C1OC(C)=C(COC(=O)c2cccc3c2OB(O)[C@@H](CC(=O)CCCC)C3)O1. The Bertz CT molecular complexity index is 845. The molecule has 1 aromatic carbocycles. The van der Waals surface area contributed by atoms with E-state index in [0.29, 0.717) is 30.1 Å². The molecule has 0 radical (unpaired) electrons. The van der Waals surface area contributed by atoms with Gasteiger partial charge in [0.1, 0.15) is 22.9 Å². The second-order valence-electron chi connectivity index (χ2n) is 7.24. The number of allylic oxidation sites excluding steroid dienone is 1. The minimum absolute atomic E-state index is 0.107. The fourth-order valence-corrected chi connectivity index (χ4v) is 3.38. The number of fused-ring (bicyclic) bond motifs is 1. The molecule has 2 aliphatic heterocycles. The minimum Gasteiger partial charge on any atom is -0.535 e. The smallest absolute Gasteiger partial charge is 0.526 e. The van der Waals surface area contributed by atoms with E-state index >= 15 is 0 Å². The highest BCUT2D eigenvalue weighted by atomic mass is 16.7. The monoisotopic (exact) mass is 400 g/mol. The third kappa shape index (κ3) is 5.01. The number of ketones is 1. The molecule has 0 bridgehead atoms. The summed E-state index contributed by atoms with van der Waals surface area (Å²) < 4.78 is 21.4. The Labute approximate surface area is 170 Å². The van der Waals surface area contributed by atoms with Gasteiger partial charge in [0.2, 0.25) is 0 Å². The first-order chi connectivity index (χ1) is 13.9. The van der Waals surface area contributed by atoms with E-state index in [-0.39, 0.29) is 36.1 Å². The summed E-state index contributed by atoms with van der Waals surface area (Å²) in [5.41, 5.74) is 0.982. The lowest BCUT2D eigenvalue weighted by molar-refractivity contribution is -0.119. The summed E-state index contributed by atoms with van der Waals surface area (Å²) in [6.45, 7) is 7.16. The fourth-order valence-electron chi connectivity index (χ4n) is 3.38. The average Bonchev–Trinajstić information content (AvgIpc) is 3.01. The molecule has 154 valence electrons. The van der Waals surface area contributed by atoms with Crippen molar-refractivity contribution in [1.29, 1.82) is 0 Å². The normalized spacial score (nSPS) is 18.0. The summed E-state index contributed by atoms with van der Waals surface area (Å²) in [6, 6.07) is 5.13. The number of benzene rings is 1. The second-order valence-corrected chi connectivity index (χ2v) is 7.24. The number of hydrogen-bond donors (Lipinski definition) is 1. The van der Waals surface area contributed by atoms with Gasteiger partial charge in [0.15, 0.2) is 12.4 Å². The van der Waals surface area contributed by atoms with Gasteiger partial charge in [0, 0.05) is 18.7 Å². The molecule has 0 saturated heterocycles. The van der Waals surface area contributed by atoms with Crippen LogP contribution in [0.4, 0.5) is 0 Å². The Balaban J connectivity index is 1.67. The van der Waals surface area contributed by atoms with Crippen LogP contribution in [0.5, 0.6) is 5.75 Å². The van der Waals surface area contributed by atoms with Crippen LogP contribution in [0, 0.1) is 0 Å². The van der Waals surface area contributed by atoms with Crippen LogP contribution in [-0.4, -0.2) is 30.5 Å². The molecule has 1 N–H and O–H groups in total. The molecule has 0 fully saturated rings. The van der Waals surface area contributed by atoms with Crippen molar-refractivity contribution in [3.8, 4) is 5.75 Å². The number of carbonyl (C=O) groups is 2. The molecule has 2 heterocycles. The molecule has 0 aliphatic carbocycles. The molecule has 0 aromatic heterocycles. The summed E-state index contributed by atoms with van der Waals surface area (Å²) in [6.07, 6.45) is 3.01. The van der Waals surface area contributed by atoms with Crippen LogP contribution in [0.3, 0.4) is 0 Å². The molecule has 0 spiro atoms. The van der Waals surface area contributed by atoms with Crippen molar-refractivity contribution in [3.63, 3.8) is 0 Å². The van der Waals surface area contributed by atoms with Crippen molar-refractivity contribution in [2.24, 2.45) is 0 Å². The van der Waals surface area contributed by atoms with E-state index in [1.54, 1.807) is 19.1 Å². The number of rotatable bonds is 8. The van der Waals surface area contributed by atoms with Crippen LogP contribution in [0.25, 0.3) is 0 Å². The summed E-state index contributed by atoms with van der Waals surface area (Å²) in [4.78, 5) is 24.7. The van der Waals surface area contributed by atoms with Gasteiger partial charge in [0.05, 0.1) is 0 Å². The van der Waals surface area contributed by atoms with Crippen molar-refractivity contribution in [1.82, 2.24) is 0 Å². The first kappa shape index (κ1) is 21.0. The molecule has 29 heavy (non-hydrogen) atoms. The summed E-state index contributed by atoms with van der Waals surface area (Å²) in [5.74, 6) is 0.467. The van der Waals surface area contributed by atoms with Gasteiger partial charge in [-0.1, -0.05) is 25.5 Å². The predicted octanol–water partition coefficient (Wildman–Crippen LogP) is 3.53. The molecule has 0 amide bonds. The van der Waals surface area contributed by atoms with Crippen LogP contribution in [0.15, 0.2) is 42.2 Å². The molecule has 3 rings (SSSR count). The minimum atomic E-state index is -1.15. The highest BCUT2D eigenvalue weighted by Gasteiger charge is 2.37. The van der Waals surface area contributed by atoms with Crippen LogP contribution in [-0.2, 0) is 25.4 Å². The van der Waals surface area contributed by atoms with E-state index in [1.807, 2.05) is 13.0 Å². The number of para-hydroxylation sites is 1. The van der Waals surface area contributed by atoms with Gasteiger partial charge in [-0.2, -0.15) is 0 Å². The van der Waals surface area contributed by atoms with Crippen LogP contribution < -0.4 is 4.65 Å². The first-order valence-electron chi connectivity index (χ1n) is 9.78. The van der Waals surface area contributed by atoms with E-state index in [2.05, 4.69) is 6.58 Å². The highest BCUT2D eigenvalue weighted by Crippen LogP contribution is 2.37. The Hall–Kier alpha value is -2.74. The zero-order valence-corrected chi connectivity index (χ0v) is 16.7. The number of carbonyl (C=O) groups excluding carboxylic acids is 2. The van der Waals surface area contributed by atoms with Crippen LogP contribution >= 0.6 is 0 Å². The largest absolute Gasteiger partial charge is 0.535 e. The van der Waals surface area contributed by atoms with Gasteiger partial charge >= 0.3 is 13.1 Å². The van der Waals surface area contributed by atoms with Gasteiger partial charge in [-0.15, -0.1) is 0 Å². The summed E-state index contributed by atoms with van der Waals surface area (Å²) >= 11 is 0. The maximum atomic E-state index is 12.6. The molecule has 1 atom stereocenters. The lowest BCUT2D eigenvalue weighted by Crippen LogP contribution is -2.36. The maximum Gasteiger partial charge on any atom is 0.526 e. The number of ether oxygens (including phenoxy) is 3. The van der Waals surface area contributed by atoms with Crippen molar-refractivity contribution >= 4 is 18.9 Å². The summed E-state index contributed by atoms with van der Waals surface area (Å²) in [5, 5.41) is 10.4. The van der Waals surface area contributed by atoms with Gasteiger partial charge < -0.3 is 23.9 Å². The van der Waals surface area contributed by atoms with E-state index in [9.17, 15) is 14.6 Å². The number of Topliss-reactive ketones (excluding diaryl/α,β-unsaturated/α-hetero) is 1. The highest BCUT2D eigenvalue weighted by molar-refractivity contribution is 6.47. The molecule has 0 unspecified atom stereocenters. The van der Waals surface area contributed by atoms with Crippen molar-refractivity contribution in [2.45, 2.75) is 51.8 Å². The number of esters is 1. The quantitative estimate of drug-likeness (QED) is 0.527. The topological polar surface area (TPSA) is 91.3 Å². The summed E-state index contributed by atoms with van der Waals surface area (Å²) in [7, 11) is -1.15. The van der Waals surface area contributed by atoms with Crippen LogP contribution in [0.2, 0.25) is 5.82 Å². The molecule has 8 heteroatoms. The van der Waals surface area contributed by atoms with Crippen molar-refractivity contribution in [3.05, 3.63) is 53.4 Å². The average molecular weight is 400 g/mol. The molecule has 2 aliphatic rings. The first-order valence-corrected chi connectivity index (χ1v) is 9.78. The van der Waals surface area contributed by atoms with Gasteiger partial charge in [0.25, 0.3) is 5.95 Å². The molecule has 1 aromatic rings. The third-order valence-electron chi connectivity index (χ3n) is 4.97. The number of unbranched alkanes of at least 4 members (excludes halogenated alkanes) is 1. The lowest BCUT2D eigenvalue weighted by Gasteiger charge is -2.28.